The first-order valence-electron chi connectivity index (χ1n) is 10.2. The molecule has 6 heteroatoms. The van der Waals surface area contributed by atoms with Gasteiger partial charge in [0.05, 0.1) is 17.1 Å². The monoisotopic (exact) mass is 410 g/mol. The van der Waals surface area contributed by atoms with Gasteiger partial charge in [0.15, 0.2) is 0 Å². The molecule has 1 aliphatic carbocycles. The summed E-state index contributed by atoms with van der Waals surface area (Å²) in [5.74, 6) is -0.0964. The van der Waals surface area contributed by atoms with Crippen LogP contribution < -0.4 is 9.62 Å². The largest absolute Gasteiger partial charge is 0.349 e. The van der Waals surface area contributed by atoms with Gasteiger partial charge in [-0.05, 0) is 37.1 Å². The van der Waals surface area contributed by atoms with Gasteiger partial charge >= 0.3 is 0 Å². The van der Waals surface area contributed by atoms with Crippen LogP contribution in [0.5, 0.6) is 0 Å². The number of hydrogen-bond donors (Lipinski definition) is 1. The van der Waals surface area contributed by atoms with E-state index in [1.165, 1.54) is 17.1 Å². The topological polar surface area (TPSA) is 66.5 Å². The molecule has 2 aromatic rings. The molecule has 2 aliphatic rings. The van der Waals surface area contributed by atoms with Crippen molar-refractivity contribution < 1.29 is 13.2 Å². The van der Waals surface area contributed by atoms with E-state index < -0.39 is 10.0 Å². The van der Waals surface area contributed by atoms with Crippen molar-refractivity contribution in [3.8, 4) is 11.1 Å². The Hall–Kier alpha value is -2.60. The highest BCUT2D eigenvalue weighted by atomic mass is 32.2. The zero-order valence-corrected chi connectivity index (χ0v) is 17.2. The third-order valence-corrected chi connectivity index (χ3v) is 7.60. The fourth-order valence-corrected chi connectivity index (χ4v) is 5.94. The highest BCUT2D eigenvalue weighted by molar-refractivity contribution is 7.93. The number of anilines is 1. The van der Waals surface area contributed by atoms with Crippen molar-refractivity contribution in [1.29, 1.82) is 0 Å². The van der Waals surface area contributed by atoms with Crippen LogP contribution in [-0.4, -0.2) is 26.9 Å². The van der Waals surface area contributed by atoms with Crippen LogP contribution in [0.15, 0.2) is 60.0 Å². The summed E-state index contributed by atoms with van der Waals surface area (Å²) in [7, 11) is -3.66. The second kappa shape index (κ2) is 8.03. The minimum atomic E-state index is -3.66. The van der Waals surface area contributed by atoms with Crippen LogP contribution in [0.4, 0.5) is 5.69 Å². The average molecular weight is 411 g/mol. The van der Waals surface area contributed by atoms with E-state index in [2.05, 4.69) is 11.9 Å². The molecule has 2 aromatic carbocycles. The molecular formula is C23H26N2O3S. The van der Waals surface area contributed by atoms with Crippen LogP contribution in [0.25, 0.3) is 11.1 Å². The van der Waals surface area contributed by atoms with Gasteiger partial charge in [0, 0.05) is 22.7 Å². The highest BCUT2D eigenvalue weighted by Gasteiger charge is 2.34. The fraction of sp³-hybridized carbons (Fsp3) is 0.348. The first kappa shape index (κ1) is 19.7. The standard InChI is InChI=1S/C23H26N2O3S/c1-2-15-25-21-14-13-17(23(26)24-18-9-5-3-4-6-10-18)16-20(21)19-11-7-8-12-22(19)29(25,27)28/h2,7-8,11-14,16,18H,1,3-6,9-10,15H2,(H,24,26). The van der Waals surface area contributed by atoms with Crippen LogP contribution in [-0.2, 0) is 10.0 Å². The maximum atomic E-state index is 13.1. The summed E-state index contributed by atoms with van der Waals surface area (Å²) in [6, 6.07) is 12.4. The van der Waals surface area contributed by atoms with Gasteiger partial charge in [0.25, 0.3) is 15.9 Å². The Labute approximate surface area is 172 Å². The molecule has 29 heavy (non-hydrogen) atoms. The summed E-state index contributed by atoms with van der Waals surface area (Å²) < 4.78 is 27.5. The molecule has 0 unspecified atom stereocenters. The minimum Gasteiger partial charge on any atom is -0.349 e. The van der Waals surface area contributed by atoms with Crippen molar-refractivity contribution in [3.63, 3.8) is 0 Å². The van der Waals surface area contributed by atoms with Crippen LogP contribution in [0.2, 0.25) is 0 Å². The Morgan fingerprint density at radius 2 is 1.79 bits per heavy atom. The first-order chi connectivity index (χ1) is 14.0. The molecule has 0 bridgehead atoms. The SMILES string of the molecule is C=CCN1c2ccc(C(=O)NC3CCCCCC3)cc2-c2ccccc2S1(=O)=O. The molecule has 1 saturated carbocycles. The van der Waals surface area contributed by atoms with E-state index in [1.807, 2.05) is 12.1 Å². The number of carbonyl (C=O) groups excluding carboxylic acids is 1. The molecule has 5 nitrogen and oxygen atoms in total. The maximum Gasteiger partial charge on any atom is 0.265 e. The lowest BCUT2D eigenvalue weighted by molar-refractivity contribution is 0.0933. The third kappa shape index (κ3) is 3.69. The Kier molecular flexibility index (Phi) is 5.46. The summed E-state index contributed by atoms with van der Waals surface area (Å²) in [5.41, 5.74) is 2.52. The quantitative estimate of drug-likeness (QED) is 0.596. The normalized spacial score (nSPS) is 18.3. The van der Waals surface area contributed by atoms with Crippen molar-refractivity contribution in [3.05, 3.63) is 60.7 Å². The van der Waals surface area contributed by atoms with Crippen LogP contribution in [0, 0.1) is 0 Å². The van der Waals surface area contributed by atoms with Crippen molar-refractivity contribution >= 4 is 21.6 Å². The Morgan fingerprint density at radius 3 is 2.52 bits per heavy atom. The molecule has 1 amide bonds. The van der Waals surface area contributed by atoms with Crippen molar-refractivity contribution in [2.45, 2.75) is 49.5 Å². The van der Waals surface area contributed by atoms with Gasteiger partial charge in [-0.15, -0.1) is 6.58 Å². The first-order valence-corrected chi connectivity index (χ1v) is 11.6. The van der Waals surface area contributed by atoms with Gasteiger partial charge in [-0.3, -0.25) is 9.10 Å². The average Bonchev–Trinajstić information content (AvgIpc) is 2.99. The van der Waals surface area contributed by atoms with Gasteiger partial charge in [0.2, 0.25) is 0 Å². The second-order valence-electron chi connectivity index (χ2n) is 7.71. The minimum absolute atomic E-state index is 0.0964. The lowest BCUT2D eigenvalue weighted by atomic mass is 9.99. The second-order valence-corrected chi connectivity index (χ2v) is 9.55. The number of sulfonamides is 1. The molecular weight excluding hydrogens is 384 g/mol. The molecule has 4 rings (SSSR count). The van der Waals surface area contributed by atoms with Gasteiger partial charge in [-0.2, -0.15) is 0 Å². The molecule has 0 saturated heterocycles. The molecule has 1 heterocycles. The van der Waals surface area contributed by atoms with Crippen LogP contribution in [0.1, 0.15) is 48.9 Å². The van der Waals surface area contributed by atoms with Gasteiger partial charge in [0.1, 0.15) is 0 Å². The van der Waals surface area contributed by atoms with Crippen molar-refractivity contribution in [1.82, 2.24) is 5.32 Å². The fourth-order valence-electron chi connectivity index (χ4n) is 4.28. The number of amides is 1. The van der Waals surface area contributed by atoms with E-state index in [0.717, 1.165) is 31.2 Å². The van der Waals surface area contributed by atoms with Gasteiger partial charge in [-0.25, -0.2) is 8.42 Å². The number of fused-ring (bicyclic) bond motifs is 3. The molecule has 1 N–H and O–H groups in total. The zero-order chi connectivity index (χ0) is 20.4. The number of carbonyl (C=O) groups is 1. The van der Waals surface area contributed by atoms with E-state index >= 15 is 0 Å². The summed E-state index contributed by atoms with van der Waals surface area (Å²) in [5, 5.41) is 3.17. The number of benzene rings is 2. The lowest BCUT2D eigenvalue weighted by Crippen LogP contribution is -2.36. The predicted molar refractivity (Wildman–Crippen MR) is 116 cm³/mol. The summed E-state index contributed by atoms with van der Waals surface area (Å²) in [6.45, 7) is 3.88. The van der Waals surface area contributed by atoms with Crippen molar-refractivity contribution in [2.75, 3.05) is 10.8 Å². The van der Waals surface area contributed by atoms with Gasteiger partial charge in [-0.1, -0.05) is 50.0 Å². The molecule has 1 fully saturated rings. The van der Waals surface area contributed by atoms with E-state index in [1.54, 1.807) is 36.4 Å². The van der Waals surface area contributed by atoms with Crippen LogP contribution in [0.3, 0.4) is 0 Å². The van der Waals surface area contributed by atoms with Crippen LogP contribution >= 0.6 is 0 Å². The van der Waals surface area contributed by atoms with E-state index in [0.29, 0.717) is 16.8 Å². The summed E-state index contributed by atoms with van der Waals surface area (Å²) in [4.78, 5) is 13.2. The van der Waals surface area contributed by atoms with E-state index in [4.69, 9.17) is 0 Å². The predicted octanol–water partition coefficient (Wildman–Crippen LogP) is 4.50. The van der Waals surface area contributed by atoms with E-state index in [9.17, 15) is 13.2 Å². The number of rotatable bonds is 4. The molecule has 0 atom stereocenters. The Bertz CT molecular complexity index is 1040. The molecule has 0 radical (unpaired) electrons. The lowest BCUT2D eigenvalue weighted by Gasteiger charge is -2.31. The Morgan fingerprint density at radius 1 is 1.07 bits per heavy atom. The summed E-state index contributed by atoms with van der Waals surface area (Å²) >= 11 is 0. The molecule has 152 valence electrons. The summed E-state index contributed by atoms with van der Waals surface area (Å²) in [6.07, 6.45) is 8.37. The smallest absolute Gasteiger partial charge is 0.265 e. The maximum absolute atomic E-state index is 13.1. The van der Waals surface area contributed by atoms with Crippen molar-refractivity contribution in [2.24, 2.45) is 0 Å². The number of nitrogens with zero attached hydrogens (tertiary/aromatic N) is 1. The zero-order valence-electron chi connectivity index (χ0n) is 16.4. The van der Waals surface area contributed by atoms with E-state index in [-0.39, 0.29) is 23.4 Å². The highest BCUT2D eigenvalue weighted by Crippen LogP contribution is 2.43. The molecule has 0 aromatic heterocycles. The molecule has 0 spiro atoms. The Balaban J connectivity index is 1.72. The number of nitrogens with one attached hydrogen (secondary N) is 1. The van der Waals surface area contributed by atoms with Gasteiger partial charge < -0.3 is 5.32 Å². The molecule has 1 aliphatic heterocycles. The number of hydrogen-bond acceptors (Lipinski definition) is 3. The third-order valence-electron chi connectivity index (χ3n) is 5.76.